The number of rotatable bonds is 5. The van der Waals surface area contributed by atoms with E-state index >= 15 is 0 Å². The standard InChI is InChI=1S/C14H29N3S/c1-12-8-14(9-15,11-18-12)17(4)10-13(16(2)3)6-5-7-13/h12H,5-11,15H2,1-4H3. The van der Waals surface area contributed by atoms with Crippen molar-refractivity contribution in [1.82, 2.24) is 9.80 Å². The van der Waals surface area contributed by atoms with Crippen LogP contribution in [0.5, 0.6) is 0 Å². The minimum absolute atomic E-state index is 0.239. The predicted octanol–water partition coefficient (Wildman–Crippen LogP) is 1.63. The Bertz CT molecular complexity index is 291. The Labute approximate surface area is 116 Å². The molecule has 1 aliphatic heterocycles. The first kappa shape index (κ1) is 14.6. The van der Waals surface area contributed by atoms with Gasteiger partial charge in [0, 0.05) is 35.2 Å². The van der Waals surface area contributed by atoms with Crippen LogP contribution in [0.1, 0.15) is 32.6 Å². The van der Waals surface area contributed by atoms with Crippen LogP contribution in [0.4, 0.5) is 0 Å². The van der Waals surface area contributed by atoms with Crippen LogP contribution in [0.3, 0.4) is 0 Å². The zero-order valence-electron chi connectivity index (χ0n) is 12.4. The molecule has 2 aliphatic rings. The van der Waals surface area contributed by atoms with Gasteiger partial charge in [-0.2, -0.15) is 11.8 Å². The highest BCUT2D eigenvalue weighted by atomic mass is 32.2. The van der Waals surface area contributed by atoms with Crippen molar-refractivity contribution in [3.05, 3.63) is 0 Å². The first-order chi connectivity index (χ1) is 8.44. The summed E-state index contributed by atoms with van der Waals surface area (Å²) in [6, 6.07) is 0. The molecular weight excluding hydrogens is 242 g/mol. The van der Waals surface area contributed by atoms with Crippen LogP contribution in [0.25, 0.3) is 0 Å². The Morgan fingerprint density at radius 2 is 1.89 bits per heavy atom. The Morgan fingerprint density at radius 1 is 1.22 bits per heavy atom. The summed E-state index contributed by atoms with van der Waals surface area (Å²) in [5, 5.41) is 0.757. The summed E-state index contributed by atoms with van der Waals surface area (Å²) in [5.74, 6) is 1.20. The average molecular weight is 271 g/mol. The predicted molar refractivity (Wildman–Crippen MR) is 81.2 cm³/mol. The lowest BCUT2D eigenvalue weighted by atomic mass is 9.74. The van der Waals surface area contributed by atoms with Gasteiger partial charge in [0.05, 0.1) is 0 Å². The van der Waals surface area contributed by atoms with Gasteiger partial charge in [0.15, 0.2) is 0 Å². The van der Waals surface area contributed by atoms with E-state index < -0.39 is 0 Å². The largest absolute Gasteiger partial charge is 0.329 e. The van der Waals surface area contributed by atoms with E-state index in [2.05, 4.69) is 49.6 Å². The molecule has 18 heavy (non-hydrogen) atoms. The molecule has 2 N–H and O–H groups in total. The summed E-state index contributed by atoms with van der Waals surface area (Å²) in [5.41, 5.74) is 6.77. The van der Waals surface area contributed by atoms with Crippen LogP contribution >= 0.6 is 11.8 Å². The van der Waals surface area contributed by atoms with Gasteiger partial charge < -0.3 is 10.6 Å². The third-order valence-corrected chi connectivity index (χ3v) is 6.70. The number of hydrogen-bond donors (Lipinski definition) is 1. The van der Waals surface area contributed by atoms with Crippen molar-refractivity contribution >= 4 is 11.8 Å². The number of likely N-dealkylation sites (N-methyl/N-ethyl adjacent to an activating group) is 2. The first-order valence-electron chi connectivity index (χ1n) is 7.14. The molecule has 4 heteroatoms. The molecule has 2 atom stereocenters. The maximum absolute atomic E-state index is 6.12. The van der Waals surface area contributed by atoms with Gasteiger partial charge in [-0.1, -0.05) is 6.92 Å². The molecule has 0 spiro atoms. The average Bonchev–Trinajstić information content (AvgIpc) is 2.66. The molecule has 0 aromatic heterocycles. The molecule has 0 aromatic rings. The number of thioether (sulfide) groups is 1. The second-order valence-corrected chi connectivity index (χ2v) is 8.01. The van der Waals surface area contributed by atoms with E-state index in [0.717, 1.165) is 11.8 Å². The van der Waals surface area contributed by atoms with Crippen LogP contribution in [0, 0.1) is 0 Å². The maximum Gasteiger partial charge on any atom is 0.0430 e. The lowest BCUT2D eigenvalue weighted by Crippen LogP contribution is -2.62. The number of hydrogen-bond acceptors (Lipinski definition) is 4. The van der Waals surface area contributed by atoms with Gasteiger partial charge >= 0.3 is 0 Å². The van der Waals surface area contributed by atoms with Crippen molar-refractivity contribution in [3.8, 4) is 0 Å². The van der Waals surface area contributed by atoms with Gasteiger partial charge in [-0.05, 0) is 46.8 Å². The fourth-order valence-electron chi connectivity index (χ4n) is 3.46. The van der Waals surface area contributed by atoms with Gasteiger partial charge in [-0.15, -0.1) is 0 Å². The zero-order valence-corrected chi connectivity index (χ0v) is 13.2. The van der Waals surface area contributed by atoms with Crippen LogP contribution in [-0.2, 0) is 0 Å². The summed E-state index contributed by atoms with van der Waals surface area (Å²) < 4.78 is 0. The zero-order chi connectivity index (χ0) is 13.4. The lowest BCUT2D eigenvalue weighted by molar-refractivity contribution is -0.00219. The molecular formula is C14H29N3S. The van der Waals surface area contributed by atoms with E-state index in [4.69, 9.17) is 5.73 Å². The molecule has 1 aliphatic carbocycles. The van der Waals surface area contributed by atoms with Gasteiger partial charge in [0.25, 0.3) is 0 Å². The molecule has 0 amide bonds. The molecule has 2 rings (SSSR count). The fraction of sp³-hybridized carbons (Fsp3) is 1.00. The van der Waals surface area contributed by atoms with Crippen molar-refractivity contribution < 1.29 is 0 Å². The minimum atomic E-state index is 0.239. The van der Waals surface area contributed by atoms with Crippen LogP contribution < -0.4 is 5.73 Å². The molecule has 3 nitrogen and oxygen atoms in total. The van der Waals surface area contributed by atoms with Crippen molar-refractivity contribution in [2.75, 3.05) is 40.0 Å². The quantitative estimate of drug-likeness (QED) is 0.824. The monoisotopic (exact) mass is 271 g/mol. The Morgan fingerprint density at radius 3 is 2.22 bits per heavy atom. The fourth-order valence-corrected chi connectivity index (χ4v) is 4.93. The normalized spacial score (nSPS) is 35.2. The van der Waals surface area contributed by atoms with E-state index in [1.54, 1.807) is 0 Å². The third-order valence-electron chi connectivity index (χ3n) is 5.26. The van der Waals surface area contributed by atoms with Crippen molar-refractivity contribution in [2.45, 2.75) is 48.9 Å². The molecule has 0 bridgehead atoms. The molecule has 1 heterocycles. The maximum atomic E-state index is 6.12. The minimum Gasteiger partial charge on any atom is -0.329 e. The van der Waals surface area contributed by atoms with E-state index in [0.29, 0.717) is 5.54 Å². The molecule has 2 unspecified atom stereocenters. The van der Waals surface area contributed by atoms with Crippen LogP contribution in [-0.4, -0.2) is 66.1 Å². The molecule has 0 radical (unpaired) electrons. The number of nitrogens with zero attached hydrogens (tertiary/aromatic N) is 2. The second kappa shape index (κ2) is 5.31. The van der Waals surface area contributed by atoms with E-state index in [9.17, 15) is 0 Å². The van der Waals surface area contributed by atoms with E-state index in [1.807, 2.05) is 0 Å². The van der Waals surface area contributed by atoms with Gasteiger partial charge in [-0.25, -0.2) is 0 Å². The molecule has 1 saturated carbocycles. The summed E-state index contributed by atoms with van der Waals surface area (Å²) in [6.07, 6.45) is 5.31. The van der Waals surface area contributed by atoms with Gasteiger partial charge in [-0.3, -0.25) is 4.90 Å². The lowest BCUT2D eigenvalue weighted by Gasteiger charge is -2.52. The van der Waals surface area contributed by atoms with Gasteiger partial charge in [0.1, 0.15) is 0 Å². The van der Waals surface area contributed by atoms with Crippen LogP contribution in [0.15, 0.2) is 0 Å². The van der Waals surface area contributed by atoms with Gasteiger partial charge in [0.2, 0.25) is 0 Å². The Kier molecular flexibility index (Phi) is 4.32. The third kappa shape index (κ3) is 2.45. The summed E-state index contributed by atoms with van der Waals surface area (Å²) in [6.45, 7) is 4.30. The topological polar surface area (TPSA) is 32.5 Å². The highest BCUT2D eigenvalue weighted by Crippen LogP contribution is 2.42. The second-order valence-electron chi connectivity index (χ2n) is 6.58. The molecule has 1 saturated heterocycles. The molecule has 2 fully saturated rings. The first-order valence-corrected chi connectivity index (χ1v) is 8.19. The van der Waals surface area contributed by atoms with Crippen molar-refractivity contribution in [1.29, 1.82) is 0 Å². The van der Waals surface area contributed by atoms with Crippen LogP contribution in [0.2, 0.25) is 0 Å². The molecule has 106 valence electrons. The van der Waals surface area contributed by atoms with Crippen molar-refractivity contribution in [3.63, 3.8) is 0 Å². The SMILES string of the molecule is CC1CC(CN)(N(C)CC2(N(C)C)CCC2)CS1. The Balaban J connectivity index is 2.04. The van der Waals surface area contributed by atoms with Crippen molar-refractivity contribution in [2.24, 2.45) is 5.73 Å². The molecule has 0 aromatic carbocycles. The highest BCUT2D eigenvalue weighted by Gasteiger charge is 2.46. The van der Waals surface area contributed by atoms with E-state index in [-0.39, 0.29) is 5.54 Å². The highest BCUT2D eigenvalue weighted by molar-refractivity contribution is 8.00. The Hall–Kier alpha value is 0.230. The summed E-state index contributed by atoms with van der Waals surface area (Å²) in [7, 11) is 6.75. The van der Waals surface area contributed by atoms with E-state index in [1.165, 1.54) is 38.0 Å². The number of nitrogens with two attached hydrogens (primary N) is 1. The summed E-state index contributed by atoms with van der Waals surface area (Å²) >= 11 is 2.08. The smallest absolute Gasteiger partial charge is 0.0430 e. The summed E-state index contributed by atoms with van der Waals surface area (Å²) in [4.78, 5) is 5.01.